The van der Waals surface area contributed by atoms with E-state index in [0.717, 1.165) is 17.2 Å². The molecule has 7 nitrogen and oxygen atoms in total. The Morgan fingerprint density at radius 1 is 0.970 bits per heavy atom. The van der Waals surface area contributed by atoms with Crippen LogP contribution in [0.1, 0.15) is 12.8 Å². The number of rotatable bonds is 6. The van der Waals surface area contributed by atoms with E-state index in [2.05, 4.69) is 37.2 Å². The Balaban J connectivity index is 1.13. The van der Waals surface area contributed by atoms with Crippen molar-refractivity contribution in [2.45, 2.75) is 22.5 Å². The van der Waals surface area contributed by atoms with Crippen molar-refractivity contribution >= 4 is 72.0 Å². The largest absolute Gasteiger partial charge is 0.456 e. The Morgan fingerprint density at radius 3 is 2.30 bits per heavy atom. The van der Waals surface area contributed by atoms with E-state index in [4.69, 9.17) is 4.74 Å². The van der Waals surface area contributed by atoms with Gasteiger partial charge in [-0.3, -0.25) is 24.1 Å². The van der Waals surface area contributed by atoms with Crippen molar-refractivity contribution in [3.8, 4) is 0 Å². The number of benzene rings is 2. The highest BCUT2D eigenvalue weighted by Gasteiger charge is 2.66. The summed E-state index contributed by atoms with van der Waals surface area (Å²) in [5, 5.41) is 4.64. The van der Waals surface area contributed by atoms with Gasteiger partial charge in [0.05, 0.1) is 18.3 Å². The van der Waals surface area contributed by atoms with E-state index < -0.39 is 18.5 Å². The van der Waals surface area contributed by atoms with E-state index in [1.54, 1.807) is 6.07 Å². The zero-order valence-electron chi connectivity index (χ0n) is 17.6. The van der Waals surface area contributed by atoms with Gasteiger partial charge in [0, 0.05) is 27.3 Å². The van der Waals surface area contributed by atoms with Crippen LogP contribution in [-0.2, 0) is 23.9 Å². The number of hydrogen-bond acceptors (Lipinski definition) is 5. The molecule has 0 spiro atoms. The molecule has 2 aromatic rings. The van der Waals surface area contributed by atoms with E-state index in [9.17, 15) is 19.2 Å². The molecule has 1 N–H and O–H groups in total. The van der Waals surface area contributed by atoms with Crippen molar-refractivity contribution < 1.29 is 23.9 Å². The lowest BCUT2D eigenvalue weighted by Crippen LogP contribution is -2.37. The molecule has 0 aromatic heterocycles. The number of amides is 3. The van der Waals surface area contributed by atoms with E-state index in [-0.39, 0.29) is 58.1 Å². The van der Waals surface area contributed by atoms with Gasteiger partial charge in [-0.15, -0.1) is 0 Å². The van der Waals surface area contributed by atoms with Gasteiger partial charge in [-0.05, 0) is 29.7 Å². The third-order valence-corrected chi connectivity index (χ3v) is 10.3. The van der Waals surface area contributed by atoms with Gasteiger partial charge in [0.25, 0.3) is 5.91 Å². The Morgan fingerprint density at radius 2 is 1.61 bits per heavy atom. The molecule has 2 aliphatic carbocycles. The molecule has 2 aromatic carbocycles. The minimum Gasteiger partial charge on any atom is -0.456 e. The third kappa shape index (κ3) is 3.89. The van der Waals surface area contributed by atoms with Crippen LogP contribution in [-0.4, -0.2) is 51.4 Å². The van der Waals surface area contributed by atoms with E-state index in [0.29, 0.717) is 5.69 Å². The molecule has 1 saturated heterocycles. The number of imide groups is 1. The number of alkyl halides is 2. The number of likely N-dealkylation sites (tertiary alicyclic amines) is 1. The summed E-state index contributed by atoms with van der Waals surface area (Å²) in [6.07, 6.45) is 0.726. The summed E-state index contributed by atoms with van der Waals surface area (Å²) in [4.78, 5) is 51.8. The lowest BCUT2D eigenvalue weighted by atomic mass is 9.81. The highest BCUT2D eigenvalue weighted by molar-refractivity contribution is 9.12. The van der Waals surface area contributed by atoms with Gasteiger partial charge < -0.3 is 10.1 Å². The highest BCUT2D eigenvalue weighted by atomic mass is 79.9. The van der Waals surface area contributed by atoms with Crippen molar-refractivity contribution in [3.05, 3.63) is 42.5 Å². The summed E-state index contributed by atoms with van der Waals surface area (Å²) in [5.74, 6) is -1.80. The average molecular weight is 578 g/mol. The molecule has 172 valence electrons. The summed E-state index contributed by atoms with van der Waals surface area (Å²) in [5.41, 5.74) is 0.638. The number of anilines is 1. The number of nitrogens with one attached hydrogen (secondary N) is 1. The molecule has 2 bridgehead atoms. The molecule has 3 amide bonds. The van der Waals surface area contributed by atoms with Gasteiger partial charge >= 0.3 is 5.97 Å². The van der Waals surface area contributed by atoms with Crippen LogP contribution in [0, 0.1) is 23.7 Å². The Kier molecular flexibility index (Phi) is 6.03. The van der Waals surface area contributed by atoms with Crippen LogP contribution in [0.25, 0.3) is 10.8 Å². The normalized spacial score (nSPS) is 30.1. The number of hydrogen-bond donors (Lipinski definition) is 1. The third-order valence-electron chi connectivity index (χ3n) is 7.05. The SMILES string of the molecule is O=C(COC(=O)CCN1C(=O)[C@@H]2[C@H]3C[C@@H]([C@H](Br)[C@@H]3Br)[C@@H]2C1=O)Nc1cccc2ccccc12. The molecular weight excluding hydrogens is 556 g/mol. The molecule has 6 atom stereocenters. The molecular formula is C24H22Br2N2O5. The molecule has 1 aliphatic heterocycles. The van der Waals surface area contributed by atoms with Crippen LogP contribution in [0.3, 0.4) is 0 Å². The summed E-state index contributed by atoms with van der Waals surface area (Å²) in [6, 6.07) is 13.2. The van der Waals surface area contributed by atoms with E-state index >= 15 is 0 Å². The zero-order valence-corrected chi connectivity index (χ0v) is 20.8. The van der Waals surface area contributed by atoms with Gasteiger partial charge in [0.1, 0.15) is 0 Å². The first kappa shape index (κ1) is 22.5. The zero-order chi connectivity index (χ0) is 23.3. The lowest BCUT2D eigenvalue weighted by molar-refractivity contribution is -0.149. The maximum absolute atomic E-state index is 12.9. The maximum Gasteiger partial charge on any atom is 0.308 e. The number of halogens is 2. The van der Waals surface area contributed by atoms with Gasteiger partial charge in [-0.25, -0.2) is 0 Å². The van der Waals surface area contributed by atoms with Crippen molar-refractivity contribution in [1.29, 1.82) is 0 Å². The molecule has 3 fully saturated rings. The minimum atomic E-state index is -0.625. The molecule has 3 aliphatic rings. The fraction of sp³-hybridized carbons (Fsp3) is 0.417. The summed E-state index contributed by atoms with van der Waals surface area (Å²) in [6.45, 7) is -0.455. The molecule has 0 radical (unpaired) electrons. The average Bonchev–Trinajstić information content (AvgIpc) is 3.42. The fourth-order valence-electron chi connectivity index (χ4n) is 5.57. The van der Waals surface area contributed by atoms with Gasteiger partial charge in [0.15, 0.2) is 6.61 Å². The second-order valence-electron chi connectivity index (χ2n) is 8.82. The van der Waals surface area contributed by atoms with Gasteiger partial charge in [-0.2, -0.15) is 0 Å². The number of carbonyl (C=O) groups excluding carboxylic acids is 4. The van der Waals surface area contributed by atoms with Crippen molar-refractivity contribution in [2.75, 3.05) is 18.5 Å². The van der Waals surface area contributed by atoms with Crippen molar-refractivity contribution in [2.24, 2.45) is 23.7 Å². The summed E-state index contributed by atoms with van der Waals surface area (Å²) in [7, 11) is 0. The van der Waals surface area contributed by atoms with Gasteiger partial charge in [-0.1, -0.05) is 68.3 Å². The van der Waals surface area contributed by atoms with Crippen LogP contribution in [0.15, 0.2) is 42.5 Å². The molecule has 9 heteroatoms. The first-order valence-corrected chi connectivity index (χ1v) is 12.8. The van der Waals surface area contributed by atoms with E-state index in [1.165, 1.54) is 4.90 Å². The number of esters is 1. The van der Waals surface area contributed by atoms with Gasteiger partial charge in [0.2, 0.25) is 11.8 Å². The molecule has 5 rings (SSSR count). The van der Waals surface area contributed by atoms with Crippen LogP contribution in [0.5, 0.6) is 0 Å². The molecule has 1 heterocycles. The fourth-order valence-corrected chi connectivity index (χ4v) is 7.45. The number of nitrogens with zero attached hydrogens (tertiary/aromatic N) is 1. The molecule has 2 saturated carbocycles. The molecule has 33 heavy (non-hydrogen) atoms. The number of ether oxygens (including phenoxy) is 1. The standard InChI is InChI=1S/C24H22Br2N2O5/c25-21-14-10-15(22(21)26)20-19(14)23(31)28(24(20)32)9-8-18(30)33-11-17(29)27-16-7-3-5-12-4-1-2-6-13(12)16/h1-7,14-15,19-22H,8-11H2,(H,27,29)/t14-,15-,19-,20+,21-,22+/m1/s1. The smallest absolute Gasteiger partial charge is 0.308 e. The van der Waals surface area contributed by atoms with Crippen molar-refractivity contribution in [3.63, 3.8) is 0 Å². The van der Waals surface area contributed by atoms with Crippen LogP contribution in [0.4, 0.5) is 5.69 Å². The molecule has 0 unspecified atom stereocenters. The highest BCUT2D eigenvalue weighted by Crippen LogP contribution is 2.60. The Labute approximate surface area is 207 Å². The summed E-state index contributed by atoms with van der Waals surface area (Å²) >= 11 is 7.31. The number of fused-ring (bicyclic) bond motifs is 6. The Bertz CT molecular complexity index is 1120. The topological polar surface area (TPSA) is 92.8 Å². The maximum atomic E-state index is 12.9. The lowest BCUT2D eigenvalue weighted by Gasteiger charge is -2.28. The predicted molar refractivity (Wildman–Crippen MR) is 129 cm³/mol. The van der Waals surface area contributed by atoms with E-state index in [1.807, 2.05) is 36.4 Å². The van der Waals surface area contributed by atoms with Crippen LogP contribution >= 0.6 is 31.9 Å². The second-order valence-corrected chi connectivity index (χ2v) is 10.9. The first-order chi connectivity index (χ1) is 15.9. The van der Waals surface area contributed by atoms with Crippen LogP contribution in [0.2, 0.25) is 0 Å². The Hall–Kier alpha value is -2.26. The first-order valence-electron chi connectivity index (χ1n) is 10.9. The minimum absolute atomic E-state index is 0.0201. The monoisotopic (exact) mass is 576 g/mol. The second kappa shape index (κ2) is 8.83. The van der Waals surface area contributed by atoms with Crippen LogP contribution < -0.4 is 5.32 Å². The van der Waals surface area contributed by atoms with Crippen molar-refractivity contribution in [1.82, 2.24) is 4.90 Å². The summed E-state index contributed by atoms with van der Waals surface area (Å²) < 4.78 is 5.09. The number of carbonyl (C=O) groups is 4. The predicted octanol–water partition coefficient (Wildman–Crippen LogP) is 3.49. The quantitative estimate of drug-likeness (QED) is 0.322.